The Kier molecular flexibility index (Phi) is 6.02. The maximum absolute atomic E-state index is 5.06. The molecule has 2 aromatic rings. The Morgan fingerprint density at radius 2 is 2.00 bits per heavy atom. The number of thioether (sulfide) groups is 1. The Bertz CT molecular complexity index is 560. The highest BCUT2D eigenvalue weighted by Crippen LogP contribution is 2.22. The molecule has 0 amide bonds. The van der Waals surface area contributed by atoms with Crippen molar-refractivity contribution in [2.24, 2.45) is 0 Å². The lowest BCUT2D eigenvalue weighted by molar-refractivity contribution is 0.218. The zero-order valence-corrected chi connectivity index (χ0v) is 13.5. The van der Waals surface area contributed by atoms with Crippen LogP contribution in [0.15, 0.2) is 41.6 Å². The standard InChI is InChI=1S/C16H21N3OS/c1-12-10-17-11-16(18-12)19-13(2)14-4-6-15(7-5-14)21-9-8-20-3/h4-7,10-11,13H,8-9H2,1-3H3,(H,18,19). The van der Waals surface area contributed by atoms with Crippen molar-refractivity contribution in [3.05, 3.63) is 47.9 Å². The van der Waals surface area contributed by atoms with E-state index in [1.165, 1.54) is 10.5 Å². The first-order chi connectivity index (χ1) is 10.2. The largest absolute Gasteiger partial charge is 0.384 e. The first-order valence-electron chi connectivity index (χ1n) is 6.96. The summed E-state index contributed by atoms with van der Waals surface area (Å²) in [5, 5.41) is 3.37. The van der Waals surface area contributed by atoms with Gasteiger partial charge in [-0.1, -0.05) is 12.1 Å². The van der Waals surface area contributed by atoms with E-state index in [2.05, 4.69) is 46.5 Å². The maximum Gasteiger partial charge on any atom is 0.145 e. The highest BCUT2D eigenvalue weighted by molar-refractivity contribution is 7.99. The van der Waals surface area contributed by atoms with Gasteiger partial charge in [0.25, 0.3) is 0 Å². The first-order valence-corrected chi connectivity index (χ1v) is 7.94. The fraction of sp³-hybridized carbons (Fsp3) is 0.375. The quantitative estimate of drug-likeness (QED) is 0.624. The third-order valence-corrected chi connectivity index (χ3v) is 4.03. The molecule has 112 valence electrons. The molecule has 0 saturated carbocycles. The summed E-state index contributed by atoms with van der Waals surface area (Å²) >= 11 is 1.80. The molecule has 0 aliphatic heterocycles. The van der Waals surface area contributed by atoms with Crippen molar-refractivity contribution in [1.29, 1.82) is 0 Å². The summed E-state index contributed by atoms with van der Waals surface area (Å²) in [5.41, 5.74) is 2.14. The van der Waals surface area contributed by atoms with Crippen molar-refractivity contribution in [3.63, 3.8) is 0 Å². The number of ether oxygens (including phenoxy) is 1. The molecule has 4 nitrogen and oxygen atoms in total. The summed E-state index contributed by atoms with van der Waals surface area (Å²) in [7, 11) is 1.73. The van der Waals surface area contributed by atoms with Crippen molar-refractivity contribution in [2.45, 2.75) is 24.8 Å². The van der Waals surface area contributed by atoms with Crippen LogP contribution in [0.25, 0.3) is 0 Å². The average molecular weight is 303 g/mol. The number of aromatic nitrogens is 2. The molecule has 1 unspecified atom stereocenters. The zero-order valence-electron chi connectivity index (χ0n) is 12.7. The number of aryl methyl sites for hydroxylation is 1. The second-order valence-corrected chi connectivity index (χ2v) is 5.99. The van der Waals surface area contributed by atoms with Crippen molar-refractivity contribution < 1.29 is 4.74 Å². The van der Waals surface area contributed by atoms with E-state index in [1.54, 1.807) is 31.3 Å². The molecule has 0 radical (unpaired) electrons. The lowest BCUT2D eigenvalue weighted by atomic mass is 10.1. The molecule has 2 rings (SSSR count). The molecule has 1 heterocycles. The maximum atomic E-state index is 5.06. The number of benzene rings is 1. The van der Waals surface area contributed by atoms with Crippen LogP contribution in [0.1, 0.15) is 24.2 Å². The lowest BCUT2D eigenvalue weighted by Gasteiger charge is -2.15. The molecular weight excluding hydrogens is 282 g/mol. The van der Waals surface area contributed by atoms with Crippen LogP contribution in [0, 0.1) is 6.92 Å². The molecule has 1 aromatic heterocycles. The first kappa shape index (κ1) is 15.8. The van der Waals surface area contributed by atoms with Crippen molar-refractivity contribution >= 4 is 17.6 Å². The van der Waals surface area contributed by atoms with E-state index in [0.29, 0.717) is 0 Å². The molecule has 1 aromatic carbocycles. The fourth-order valence-electron chi connectivity index (χ4n) is 1.93. The molecule has 0 spiro atoms. The Morgan fingerprint density at radius 1 is 1.24 bits per heavy atom. The van der Waals surface area contributed by atoms with Gasteiger partial charge in [-0.15, -0.1) is 11.8 Å². The van der Waals surface area contributed by atoms with Gasteiger partial charge in [-0.3, -0.25) is 4.98 Å². The summed E-state index contributed by atoms with van der Waals surface area (Å²) in [6, 6.07) is 8.79. The summed E-state index contributed by atoms with van der Waals surface area (Å²) in [6.07, 6.45) is 3.50. The predicted molar refractivity (Wildman–Crippen MR) is 87.8 cm³/mol. The van der Waals surface area contributed by atoms with Crippen LogP contribution >= 0.6 is 11.8 Å². The summed E-state index contributed by atoms with van der Waals surface area (Å²) in [5.74, 6) is 1.78. The fourth-order valence-corrected chi connectivity index (χ4v) is 2.75. The normalized spacial score (nSPS) is 12.1. The minimum absolute atomic E-state index is 0.194. The second kappa shape index (κ2) is 8.00. The predicted octanol–water partition coefficient (Wildman–Crippen LogP) is 3.70. The number of methoxy groups -OCH3 is 1. The molecule has 5 heteroatoms. The van der Waals surface area contributed by atoms with E-state index >= 15 is 0 Å². The molecule has 1 N–H and O–H groups in total. The highest BCUT2D eigenvalue weighted by Gasteiger charge is 2.06. The second-order valence-electron chi connectivity index (χ2n) is 4.82. The number of nitrogens with zero attached hydrogens (tertiary/aromatic N) is 2. The van der Waals surface area contributed by atoms with E-state index in [0.717, 1.165) is 23.9 Å². The van der Waals surface area contributed by atoms with Gasteiger partial charge in [0.2, 0.25) is 0 Å². The van der Waals surface area contributed by atoms with E-state index in [1.807, 2.05) is 6.92 Å². The third kappa shape index (κ3) is 5.02. The van der Waals surface area contributed by atoms with Gasteiger partial charge in [-0.2, -0.15) is 0 Å². The number of anilines is 1. The number of hydrogen-bond acceptors (Lipinski definition) is 5. The molecule has 0 fully saturated rings. The van der Waals surface area contributed by atoms with Gasteiger partial charge in [0.1, 0.15) is 5.82 Å². The van der Waals surface area contributed by atoms with Crippen LogP contribution < -0.4 is 5.32 Å². The van der Waals surface area contributed by atoms with E-state index < -0.39 is 0 Å². The minimum Gasteiger partial charge on any atom is -0.384 e. The van der Waals surface area contributed by atoms with Crippen LogP contribution in [0.4, 0.5) is 5.82 Å². The molecule has 0 saturated heterocycles. The summed E-state index contributed by atoms with van der Waals surface area (Å²) in [4.78, 5) is 9.82. The molecule has 1 atom stereocenters. The molecular formula is C16H21N3OS. The van der Waals surface area contributed by atoms with Gasteiger partial charge < -0.3 is 10.1 Å². The summed E-state index contributed by atoms with van der Waals surface area (Å²) < 4.78 is 5.06. The highest BCUT2D eigenvalue weighted by atomic mass is 32.2. The molecule has 21 heavy (non-hydrogen) atoms. The number of hydrogen-bond donors (Lipinski definition) is 1. The van der Waals surface area contributed by atoms with Crippen LogP contribution in [-0.2, 0) is 4.74 Å². The van der Waals surface area contributed by atoms with Gasteiger partial charge in [0.05, 0.1) is 18.5 Å². The molecule has 0 aliphatic carbocycles. The lowest BCUT2D eigenvalue weighted by Crippen LogP contribution is -2.08. The number of rotatable bonds is 7. The minimum atomic E-state index is 0.194. The van der Waals surface area contributed by atoms with Crippen LogP contribution in [-0.4, -0.2) is 29.4 Å². The zero-order chi connectivity index (χ0) is 15.1. The monoisotopic (exact) mass is 303 g/mol. The van der Waals surface area contributed by atoms with Gasteiger partial charge in [0, 0.05) is 30.0 Å². The van der Waals surface area contributed by atoms with E-state index in [-0.39, 0.29) is 6.04 Å². The van der Waals surface area contributed by atoms with E-state index in [4.69, 9.17) is 4.74 Å². The number of nitrogens with one attached hydrogen (secondary N) is 1. The Balaban J connectivity index is 1.94. The van der Waals surface area contributed by atoms with Crippen LogP contribution in [0.3, 0.4) is 0 Å². The Morgan fingerprint density at radius 3 is 2.67 bits per heavy atom. The Hall–Kier alpha value is -1.59. The van der Waals surface area contributed by atoms with Gasteiger partial charge in [-0.05, 0) is 31.5 Å². The topological polar surface area (TPSA) is 47.0 Å². The van der Waals surface area contributed by atoms with Crippen LogP contribution in [0.2, 0.25) is 0 Å². The van der Waals surface area contributed by atoms with E-state index in [9.17, 15) is 0 Å². The third-order valence-electron chi connectivity index (χ3n) is 3.06. The molecule has 0 aliphatic rings. The van der Waals surface area contributed by atoms with Crippen molar-refractivity contribution in [1.82, 2.24) is 9.97 Å². The Labute approximate surface area is 130 Å². The molecule has 0 bridgehead atoms. The van der Waals surface area contributed by atoms with Crippen molar-refractivity contribution in [3.8, 4) is 0 Å². The summed E-state index contributed by atoms with van der Waals surface area (Å²) in [6.45, 7) is 4.84. The van der Waals surface area contributed by atoms with Crippen LogP contribution in [0.5, 0.6) is 0 Å². The smallest absolute Gasteiger partial charge is 0.145 e. The van der Waals surface area contributed by atoms with Gasteiger partial charge in [0.15, 0.2) is 0 Å². The van der Waals surface area contributed by atoms with Gasteiger partial charge >= 0.3 is 0 Å². The van der Waals surface area contributed by atoms with Crippen molar-refractivity contribution in [2.75, 3.05) is 24.8 Å². The SMILES string of the molecule is COCCSc1ccc(C(C)Nc2cncc(C)n2)cc1. The van der Waals surface area contributed by atoms with Gasteiger partial charge in [-0.25, -0.2) is 4.98 Å². The average Bonchev–Trinajstić information content (AvgIpc) is 2.48.